The molecule has 1 N–H and O–H groups in total. The molecule has 0 amide bonds. The summed E-state index contributed by atoms with van der Waals surface area (Å²) in [6.45, 7) is 1.77. The second-order valence-electron chi connectivity index (χ2n) is 3.71. The van der Waals surface area contributed by atoms with Crippen LogP contribution in [0.2, 0.25) is 0 Å². The van der Waals surface area contributed by atoms with Crippen LogP contribution in [-0.4, -0.2) is 21.8 Å². The normalized spacial score (nSPS) is 10.2. The van der Waals surface area contributed by atoms with Crippen molar-refractivity contribution in [2.24, 2.45) is 0 Å². The van der Waals surface area contributed by atoms with Gasteiger partial charge < -0.3 is 9.84 Å². The quantitative estimate of drug-likeness (QED) is 0.849. The number of thiophene rings is 1. The summed E-state index contributed by atoms with van der Waals surface area (Å²) >= 11 is 1.09. The van der Waals surface area contributed by atoms with Crippen molar-refractivity contribution in [2.45, 2.75) is 13.3 Å². The molecule has 0 saturated carbocycles. The third kappa shape index (κ3) is 3.17. The molecule has 0 unspecified atom stereocenters. The van der Waals surface area contributed by atoms with E-state index in [0.717, 1.165) is 11.3 Å². The van der Waals surface area contributed by atoms with Crippen LogP contribution in [0, 0.1) is 0 Å². The second-order valence-corrected chi connectivity index (χ2v) is 4.62. The van der Waals surface area contributed by atoms with E-state index < -0.39 is 5.97 Å². The molecular formula is C13H11NO4S. The van der Waals surface area contributed by atoms with E-state index in [0.29, 0.717) is 23.6 Å². The van der Waals surface area contributed by atoms with E-state index in [1.807, 2.05) is 0 Å². The van der Waals surface area contributed by atoms with Crippen LogP contribution >= 0.6 is 11.3 Å². The summed E-state index contributed by atoms with van der Waals surface area (Å²) in [5.41, 5.74) is 0.395. The number of carbonyl (C=O) groups is 2. The second kappa shape index (κ2) is 5.62. The van der Waals surface area contributed by atoms with E-state index >= 15 is 0 Å². The number of nitrogens with zero attached hydrogens (tertiary/aromatic N) is 1. The van der Waals surface area contributed by atoms with E-state index in [-0.39, 0.29) is 10.7 Å². The Morgan fingerprint density at radius 2 is 2.16 bits per heavy atom. The van der Waals surface area contributed by atoms with Crippen LogP contribution in [0.4, 0.5) is 0 Å². The van der Waals surface area contributed by atoms with Crippen molar-refractivity contribution in [2.75, 3.05) is 0 Å². The van der Waals surface area contributed by atoms with Gasteiger partial charge in [0, 0.05) is 17.9 Å². The molecule has 2 aromatic rings. The number of carbonyl (C=O) groups excluding carboxylic acids is 1. The first-order chi connectivity index (χ1) is 9.10. The number of hydrogen-bond donors (Lipinski definition) is 1. The van der Waals surface area contributed by atoms with Crippen molar-refractivity contribution in [3.8, 4) is 11.5 Å². The number of ketones is 1. The van der Waals surface area contributed by atoms with Gasteiger partial charge in [0.05, 0.1) is 6.20 Å². The van der Waals surface area contributed by atoms with Gasteiger partial charge in [-0.15, -0.1) is 11.3 Å². The fourth-order valence-electron chi connectivity index (χ4n) is 1.41. The molecular weight excluding hydrogens is 266 g/mol. The summed E-state index contributed by atoms with van der Waals surface area (Å²) in [4.78, 5) is 26.3. The number of hydrogen-bond acceptors (Lipinski definition) is 5. The summed E-state index contributed by atoms with van der Waals surface area (Å²) in [7, 11) is 0. The molecule has 2 heterocycles. The molecule has 0 aliphatic carbocycles. The Morgan fingerprint density at radius 1 is 1.37 bits per heavy atom. The molecule has 0 saturated heterocycles. The maximum Gasteiger partial charge on any atom is 0.346 e. The van der Waals surface area contributed by atoms with Gasteiger partial charge in [-0.05, 0) is 12.1 Å². The number of carboxylic acid groups (broad SMARTS) is 1. The average Bonchev–Trinajstić information content (AvgIpc) is 2.87. The van der Waals surface area contributed by atoms with Crippen molar-refractivity contribution >= 4 is 23.1 Å². The van der Waals surface area contributed by atoms with Gasteiger partial charge in [0.2, 0.25) is 0 Å². The summed E-state index contributed by atoms with van der Waals surface area (Å²) < 4.78 is 5.45. The van der Waals surface area contributed by atoms with E-state index in [4.69, 9.17) is 9.84 Å². The molecule has 2 rings (SSSR count). The molecule has 0 aliphatic heterocycles. The van der Waals surface area contributed by atoms with E-state index in [9.17, 15) is 9.59 Å². The van der Waals surface area contributed by atoms with Gasteiger partial charge in [-0.25, -0.2) is 9.78 Å². The monoisotopic (exact) mass is 277 g/mol. The smallest absolute Gasteiger partial charge is 0.346 e. The standard InChI is InChI=1S/C13H11NO4S/c1-2-11(15)10-4-3-8(6-14-10)18-9-5-12(13(16)17)19-7-9/h3-7H,2H2,1H3,(H,16,17). The zero-order valence-electron chi connectivity index (χ0n) is 10.1. The first-order valence-electron chi connectivity index (χ1n) is 5.59. The van der Waals surface area contributed by atoms with Crippen molar-refractivity contribution in [3.63, 3.8) is 0 Å². The topological polar surface area (TPSA) is 76.5 Å². The fraction of sp³-hybridized carbons (Fsp3) is 0.154. The molecule has 98 valence electrons. The maximum absolute atomic E-state index is 11.4. The largest absolute Gasteiger partial charge is 0.477 e. The van der Waals surface area contributed by atoms with Crippen molar-refractivity contribution in [1.82, 2.24) is 4.98 Å². The van der Waals surface area contributed by atoms with Gasteiger partial charge in [-0.1, -0.05) is 6.92 Å². The summed E-state index contributed by atoms with van der Waals surface area (Å²) in [5.74, 6) is -0.113. The van der Waals surface area contributed by atoms with Gasteiger partial charge in [-0.3, -0.25) is 4.79 Å². The van der Waals surface area contributed by atoms with Crippen molar-refractivity contribution in [1.29, 1.82) is 0 Å². The minimum atomic E-state index is -0.984. The Hall–Kier alpha value is -2.21. The van der Waals surface area contributed by atoms with Gasteiger partial charge in [-0.2, -0.15) is 0 Å². The lowest BCUT2D eigenvalue weighted by molar-refractivity contribution is 0.0701. The van der Waals surface area contributed by atoms with Gasteiger partial charge in [0.15, 0.2) is 5.78 Å². The molecule has 0 bridgehead atoms. The first-order valence-corrected chi connectivity index (χ1v) is 6.47. The number of rotatable bonds is 5. The number of carboxylic acids is 1. The predicted octanol–water partition coefficient (Wildman–Crippen LogP) is 3.23. The fourth-order valence-corrected chi connectivity index (χ4v) is 2.05. The Bertz CT molecular complexity index is 603. The number of aromatic nitrogens is 1. The number of aromatic carboxylic acids is 1. The number of ether oxygens (including phenoxy) is 1. The summed E-state index contributed by atoms with van der Waals surface area (Å²) in [6.07, 6.45) is 1.85. The zero-order valence-corrected chi connectivity index (χ0v) is 10.9. The first kappa shape index (κ1) is 13.2. The Balaban J connectivity index is 2.10. The van der Waals surface area contributed by atoms with E-state index in [1.165, 1.54) is 12.3 Å². The Morgan fingerprint density at radius 3 is 2.68 bits per heavy atom. The predicted molar refractivity (Wildman–Crippen MR) is 70.2 cm³/mol. The van der Waals surface area contributed by atoms with Crippen LogP contribution in [0.15, 0.2) is 29.8 Å². The average molecular weight is 277 g/mol. The summed E-state index contributed by atoms with van der Waals surface area (Å²) in [5, 5.41) is 10.4. The van der Waals surface area contributed by atoms with Crippen LogP contribution in [0.5, 0.6) is 11.5 Å². The van der Waals surface area contributed by atoms with Gasteiger partial charge >= 0.3 is 5.97 Å². The van der Waals surface area contributed by atoms with Crippen LogP contribution in [-0.2, 0) is 0 Å². The molecule has 0 spiro atoms. The molecule has 19 heavy (non-hydrogen) atoms. The lowest BCUT2D eigenvalue weighted by Gasteiger charge is -2.03. The molecule has 2 aromatic heterocycles. The molecule has 5 nitrogen and oxygen atoms in total. The van der Waals surface area contributed by atoms with Gasteiger partial charge in [0.1, 0.15) is 22.1 Å². The van der Waals surface area contributed by atoms with Crippen LogP contribution in [0.3, 0.4) is 0 Å². The van der Waals surface area contributed by atoms with Crippen LogP contribution in [0.25, 0.3) is 0 Å². The third-order valence-corrected chi connectivity index (χ3v) is 3.26. The number of pyridine rings is 1. The van der Waals surface area contributed by atoms with Crippen molar-refractivity contribution < 1.29 is 19.4 Å². The molecule has 0 atom stereocenters. The SMILES string of the molecule is CCC(=O)c1ccc(Oc2csc(C(=O)O)c2)cn1. The highest BCUT2D eigenvalue weighted by atomic mass is 32.1. The zero-order chi connectivity index (χ0) is 13.8. The van der Waals surface area contributed by atoms with Crippen LogP contribution < -0.4 is 4.74 Å². The molecule has 0 fully saturated rings. The molecule has 0 radical (unpaired) electrons. The Labute approximate surface area is 113 Å². The van der Waals surface area contributed by atoms with Crippen LogP contribution in [0.1, 0.15) is 33.5 Å². The molecule has 0 aliphatic rings. The lowest BCUT2D eigenvalue weighted by atomic mass is 10.2. The number of Topliss-reactive ketones (excluding diaryl/α,β-unsaturated/α-hetero) is 1. The lowest BCUT2D eigenvalue weighted by Crippen LogP contribution is -1.99. The highest BCUT2D eigenvalue weighted by molar-refractivity contribution is 7.12. The molecule has 6 heteroatoms. The highest BCUT2D eigenvalue weighted by Gasteiger charge is 2.09. The minimum absolute atomic E-state index is 0.0322. The summed E-state index contributed by atoms with van der Waals surface area (Å²) in [6, 6.07) is 4.66. The Kier molecular flexibility index (Phi) is 3.91. The molecule has 0 aromatic carbocycles. The van der Waals surface area contributed by atoms with Gasteiger partial charge in [0.25, 0.3) is 0 Å². The highest BCUT2D eigenvalue weighted by Crippen LogP contribution is 2.26. The van der Waals surface area contributed by atoms with Crippen molar-refractivity contribution in [3.05, 3.63) is 40.3 Å². The van der Waals surface area contributed by atoms with E-state index in [2.05, 4.69) is 4.98 Å². The maximum atomic E-state index is 11.4. The van der Waals surface area contributed by atoms with E-state index in [1.54, 1.807) is 24.4 Å². The minimum Gasteiger partial charge on any atom is -0.477 e. The third-order valence-electron chi connectivity index (χ3n) is 2.37.